The van der Waals surface area contributed by atoms with Crippen LogP contribution in [0.1, 0.15) is 15.9 Å². The molecule has 22 heavy (non-hydrogen) atoms. The van der Waals surface area contributed by atoms with E-state index in [-0.39, 0.29) is 18.2 Å². The van der Waals surface area contributed by atoms with E-state index in [1.54, 1.807) is 37.5 Å². The first-order valence-corrected chi connectivity index (χ1v) is 6.87. The zero-order valence-electron chi connectivity index (χ0n) is 12.3. The summed E-state index contributed by atoms with van der Waals surface area (Å²) in [5, 5.41) is 2.57. The largest absolute Gasteiger partial charge is 0.497 e. The Morgan fingerprint density at radius 2 is 1.73 bits per heavy atom. The lowest BCUT2D eigenvalue weighted by atomic mass is 10.1. The predicted molar refractivity (Wildman–Crippen MR) is 85.8 cm³/mol. The summed E-state index contributed by atoms with van der Waals surface area (Å²) in [7, 11) is 1.57. The summed E-state index contributed by atoms with van der Waals surface area (Å²) in [5.74, 6) is 0.237. The van der Waals surface area contributed by atoms with Crippen LogP contribution in [0.4, 0.5) is 0 Å². The van der Waals surface area contributed by atoms with Gasteiger partial charge >= 0.3 is 0 Å². The van der Waals surface area contributed by atoms with Crippen molar-refractivity contribution in [3.63, 3.8) is 0 Å². The van der Waals surface area contributed by atoms with Gasteiger partial charge in [-0.05, 0) is 35.9 Å². The van der Waals surface area contributed by atoms with Gasteiger partial charge in [0.1, 0.15) is 5.75 Å². The molecule has 0 spiro atoms. The van der Waals surface area contributed by atoms with Crippen molar-refractivity contribution in [2.45, 2.75) is 0 Å². The number of ketones is 1. The number of carbonyl (C=O) groups is 2. The van der Waals surface area contributed by atoms with Crippen LogP contribution in [0.2, 0.25) is 0 Å². The van der Waals surface area contributed by atoms with Crippen LogP contribution in [-0.4, -0.2) is 25.3 Å². The Balaban J connectivity index is 1.85. The average Bonchev–Trinajstić information content (AvgIpc) is 2.58. The molecule has 0 fully saturated rings. The summed E-state index contributed by atoms with van der Waals surface area (Å²) in [5.41, 5.74) is 1.47. The minimum Gasteiger partial charge on any atom is -0.497 e. The van der Waals surface area contributed by atoms with Gasteiger partial charge in [-0.2, -0.15) is 0 Å². The molecule has 0 aliphatic heterocycles. The normalized spacial score (nSPS) is 10.4. The van der Waals surface area contributed by atoms with Crippen LogP contribution >= 0.6 is 0 Å². The molecule has 1 N–H and O–H groups in total. The molecule has 0 heterocycles. The van der Waals surface area contributed by atoms with Gasteiger partial charge in [0, 0.05) is 11.6 Å². The monoisotopic (exact) mass is 295 g/mol. The fourth-order valence-corrected chi connectivity index (χ4v) is 1.84. The van der Waals surface area contributed by atoms with Crippen molar-refractivity contribution in [2.24, 2.45) is 0 Å². The standard InChI is InChI=1S/C18H17NO3/c1-22-16-10-8-15(9-11-16)17(20)13-19-18(21)12-7-14-5-3-2-4-6-14/h2-12H,13H2,1H3,(H,19,21)/b12-7+. The van der Waals surface area contributed by atoms with Crippen molar-refractivity contribution in [3.05, 3.63) is 71.8 Å². The number of rotatable bonds is 6. The molecule has 4 heteroatoms. The third-order valence-electron chi connectivity index (χ3n) is 3.06. The van der Waals surface area contributed by atoms with Gasteiger partial charge in [0.2, 0.25) is 5.91 Å². The van der Waals surface area contributed by atoms with Crippen molar-refractivity contribution >= 4 is 17.8 Å². The van der Waals surface area contributed by atoms with Gasteiger partial charge < -0.3 is 10.1 Å². The Bertz CT molecular complexity index is 660. The van der Waals surface area contributed by atoms with Crippen molar-refractivity contribution in [2.75, 3.05) is 13.7 Å². The van der Waals surface area contributed by atoms with Crippen LogP contribution in [0.3, 0.4) is 0 Å². The fraction of sp³-hybridized carbons (Fsp3) is 0.111. The molecule has 0 aliphatic rings. The van der Waals surface area contributed by atoms with E-state index in [2.05, 4.69) is 5.32 Å². The van der Waals surface area contributed by atoms with Crippen molar-refractivity contribution in [1.82, 2.24) is 5.32 Å². The van der Waals surface area contributed by atoms with E-state index >= 15 is 0 Å². The Morgan fingerprint density at radius 1 is 1.05 bits per heavy atom. The molecule has 0 aliphatic carbocycles. The average molecular weight is 295 g/mol. The van der Waals surface area contributed by atoms with E-state index in [4.69, 9.17) is 4.74 Å². The number of hydrogen-bond donors (Lipinski definition) is 1. The molecule has 2 aromatic carbocycles. The lowest BCUT2D eigenvalue weighted by molar-refractivity contribution is -0.116. The highest BCUT2D eigenvalue weighted by molar-refractivity contribution is 6.01. The molecular weight excluding hydrogens is 278 g/mol. The lowest BCUT2D eigenvalue weighted by Gasteiger charge is -2.03. The van der Waals surface area contributed by atoms with E-state index in [1.807, 2.05) is 30.3 Å². The number of carbonyl (C=O) groups excluding carboxylic acids is 2. The summed E-state index contributed by atoms with van der Waals surface area (Å²) in [6.07, 6.45) is 3.11. The smallest absolute Gasteiger partial charge is 0.244 e. The number of amides is 1. The topological polar surface area (TPSA) is 55.4 Å². The van der Waals surface area contributed by atoms with Crippen LogP contribution in [0, 0.1) is 0 Å². The fourth-order valence-electron chi connectivity index (χ4n) is 1.84. The van der Waals surface area contributed by atoms with E-state index in [0.717, 1.165) is 5.56 Å². The molecule has 0 radical (unpaired) electrons. The third-order valence-corrected chi connectivity index (χ3v) is 3.06. The predicted octanol–water partition coefficient (Wildman–Crippen LogP) is 2.71. The van der Waals surface area contributed by atoms with E-state index in [1.165, 1.54) is 6.08 Å². The molecule has 0 unspecified atom stereocenters. The number of hydrogen-bond acceptors (Lipinski definition) is 3. The Kier molecular flexibility index (Phi) is 5.49. The molecule has 4 nitrogen and oxygen atoms in total. The van der Waals surface area contributed by atoms with Gasteiger partial charge in [-0.15, -0.1) is 0 Å². The summed E-state index contributed by atoms with van der Waals surface area (Å²) in [6, 6.07) is 16.3. The third kappa shape index (κ3) is 4.59. The summed E-state index contributed by atoms with van der Waals surface area (Å²) in [6.45, 7) is -0.0374. The molecule has 112 valence electrons. The van der Waals surface area contributed by atoms with Gasteiger partial charge in [-0.3, -0.25) is 9.59 Å². The van der Waals surface area contributed by atoms with Crippen molar-refractivity contribution in [1.29, 1.82) is 0 Å². The first-order valence-electron chi connectivity index (χ1n) is 6.87. The van der Waals surface area contributed by atoms with Crippen LogP contribution in [-0.2, 0) is 4.79 Å². The van der Waals surface area contributed by atoms with E-state index in [9.17, 15) is 9.59 Å². The van der Waals surface area contributed by atoms with Crippen LogP contribution in [0.5, 0.6) is 5.75 Å². The van der Waals surface area contributed by atoms with Crippen molar-refractivity contribution in [3.8, 4) is 5.75 Å². The highest BCUT2D eigenvalue weighted by Gasteiger charge is 2.06. The second-order valence-electron chi connectivity index (χ2n) is 4.61. The Morgan fingerprint density at radius 3 is 2.36 bits per heavy atom. The minimum atomic E-state index is -0.300. The highest BCUT2D eigenvalue weighted by atomic mass is 16.5. The zero-order valence-corrected chi connectivity index (χ0v) is 12.3. The van der Waals surface area contributed by atoms with Crippen LogP contribution < -0.4 is 10.1 Å². The molecule has 0 aromatic heterocycles. The number of Topliss-reactive ketones (excluding diaryl/α,β-unsaturated/α-hetero) is 1. The quantitative estimate of drug-likeness (QED) is 0.658. The highest BCUT2D eigenvalue weighted by Crippen LogP contribution is 2.11. The maximum absolute atomic E-state index is 11.9. The molecule has 2 aromatic rings. The summed E-state index contributed by atoms with van der Waals surface area (Å²) >= 11 is 0. The van der Waals surface area contributed by atoms with Gasteiger partial charge in [0.15, 0.2) is 5.78 Å². The number of benzene rings is 2. The molecule has 0 bridgehead atoms. The lowest BCUT2D eigenvalue weighted by Crippen LogP contribution is -2.27. The van der Waals surface area contributed by atoms with Crippen molar-refractivity contribution < 1.29 is 14.3 Å². The summed E-state index contributed by atoms with van der Waals surface area (Å²) < 4.78 is 5.03. The van der Waals surface area contributed by atoms with Gasteiger partial charge in [-0.25, -0.2) is 0 Å². The maximum atomic E-state index is 11.9. The van der Waals surface area contributed by atoms with Crippen LogP contribution in [0.15, 0.2) is 60.7 Å². The molecule has 0 saturated heterocycles. The van der Waals surface area contributed by atoms with Gasteiger partial charge in [0.25, 0.3) is 0 Å². The molecule has 0 saturated carbocycles. The molecular formula is C18H17NO3. The maximum Gasteiger partial charge on any atom is 0.244 e. The number of nitrogens with one attached hydrogen (secondary N) is 1. The van der Waals surface area contributed by atoms with E-state index in [0.29, 0.717) is 11.3 Å². The van der Waals surface area contributed by atoms with Crippen LogP contribution in [0.25, 0.3) is 6.08 Å². The first kappa shape index (κ1) is 15.5. The second-order valence-corrected chi connectivity index (χ2v) is 4.61. The second kappa shape index (κ2) is 7.78. The van der Waals surface area contributed by atoms with Gasteiger partial charge in [-0.1, -0.05) is 30.3 Å². The Labute approximate surface area is 129 Å². The SMILES string of the molecule is COc1ccc(C(=O)CNC(=O)/C=C/c2ccccc2)cc1. The van der Waals surface area contributed by atoms with Gasteiger partial charge in [0.05, 0.1) is 13.7 Å². The van der Waals surface area contributed by atoms with E-state index < -0.39 is 0 Å². The number of methoxy groups -OCH3 is 1. The number of ether oxygens (including phenoxy) is 1. The Hall–Kier alpha value is -2.88. The zero-order chi connectivity index (χ0) is 15.8. The minimum absolute atomic E-state index is 0.0374. The summed E-state index contributed by atoms with van der Waals surface area (Å²) in [4.78, 5) is 23.6. The first-order chi connectivity index (χ1) is 10.7. The molecule has 0 atom stereocenters. The molecule has 2 rings (SSSR count). The molecule has 1 amide bonds.